The molecule has 0 amide bonds. The minimum absolute atomic E-state index is 0.309. The zero-order valence-electron chi connectivity index (χ0n) is 12.6. The number of hydrogen-bond donors (Lipinski definition) is 0. The van der Waals surface area contributed by atoms with Gasteiger partial charge in [0.15, 0.2) is 0 Å². The molecule has 0 radical (unpaired) electrons. The molecule has 1 aliphatic carbocycles. The highest BCUT2D eigenvalue weighted by atomic mass is 19.1. The molecule has 114 valence electrons. The monoisotopic (exact) mass is 300 g/mol. The van der Waals surface area contributed by atoms with Gasteiger partial charge in [-0.3, -0.25) is 4.79 Å². The Balaban J connectivity index is 2.16. The number of esters is 1. The number of aryl methyl sites for hydroxylation is 1. The van der Waals surface area contributed by atoms with Gasteiger partial charge in [-0.05, 0) is 48.9 Å². The fourth-order valence-corrected chi connectivity index (χ4v) is 3.34. The first kappa shape index (κ1) is 14.6. The van der Waals surface area contributed by atoms with Gasteiger partial charge < -0.3 is 4.74 Å². The van der Waals surface area contributed by atoms with E-state index in [2.05, 4.69) is 9.97 Å². The first-order chi connectivity index (χ1) is 10.6. The molecule has 0 N–H and O–H groups in total. The molecule has 0 bridgehead atoms. The van der Waals surface area contributed by atoms with Crippen molar-refractivity contribution in [3.63, 3.8) is 0 Å². The van der Waals surface area contributed by atoms with Gasteiger partial charge in [0, 0.05) is 11.9 Å². The number of hydrogen-bond acceptors (Lipinski definition) is 4. The molecule has 0 saturated carbocycles. The molecule has 1 aromatic heterocycles. The van der Waals surface area contributed by atoms with Gasteiger partial charge in [-0.2, -0.15) is 0 Å². The van der Waals surface area contributed by atoms with Gasteiger partial charge in [-0.15, -0.1) is 0 Å². The Hall–Kier alpha value is -2.30. The van der Waals surface area contributed by atoms with Gasteiger partial charge in [0.2, 0.25) is 0 Å². The van der Waals surface area contributed by atoms with E-state index in [4.69, 9.17) is 4.74 Å². The summed E-state index contributed by atoms with van der Waals surface area (Å²) in [5, 5.41) is 0. The van der Waals surface area contributed by atoms with Crippen molar-refractivity contribution in [1.82, 2.24) is 9.97 Å². The van der Waals surface area contributed by atoms with Gasteiger partial charge in [0.05, 0.1) is 12.5 Å². The van der Waals surface area contributed by atoms with Crippen LogP contribution >= 0.6 is 0 Å². The van der Waals surface area contributed by atoms with E-state index in [0.29, 0.717) is 30.4 Å². The van der Waals surface area contributed by atoms with Crippen molar-refractivity contribution in [2.45, 2.75) is 31.6 Å². The van der Waals surface area contributed by atoms with Crippen LogP contribution in [-0.4, -0.2) is 23.0 Å². The van der Waals surface area contributed by atoms with Crippen molar-refractivity contribution in [2.75, 3.05) is 7.11 Å². The lowest BCUT2D eigenvalue weighted by Crippen LogP contribution is -2.43. The summed E-state index contributed by atoms with van der Waals surface area (Å²) in [5.41, 5.74) is 2.17. The van der Waals surface area contributed by atoms with E-state index < -0.39 is 5.41 Å². The van der Waals surface area contributed by atoms with Crippen molar-refractivity contribution >= 4 is 5.97 Å². The smallest absolute Gasteiger partial charge is 0.316 e. The molecular weight excluding hydrogens is 283 g/mol. The Kier molecular flexibility index (Phi) is 3.64. The second-order valence-corrected chi connectivity index (χ2v) is 5.66. The van der Waals surface area contributed by atoms with Gasteiger partial charge in [0.25, 0.3) is 0 Å². The number of halogens is 1. The van der Waals surface area contributed by atoms with Crippen molar-refractivity contribution in [3.8, 4) is 0 Å². The summed E-state index contributed by atoms with van der Waals surface area (Å²) < 4.78 is 19.0. The predicted molar refractivity (Wildman–Crippen MR) is 78.9 cm³/mol. The molecule has 22 heavy (non-hydrogen) atoms. The van der Waals surface area contributed by atoms with Crippen LogP contribution in [-0.2, 0) is 27.8 Å². The molecule has 1 aromatic carbocycles. The first-order valence-corrected chi connectivity index (χ1v) is 7.20. The molecular formula is C17H17FN2O2. The zero-order chi connectivity index (χ0) is 15.7. The molecule has 0 saturated heterocycles. The Morgan fingerprint density at radius 3 is 3.00 bits per heavy atom. The third-order valence-electron chi connectivity index (χ3n) is 4.52. The molecule has 3 rings (SSSR count). The molecule has 2 aromatic rings. The number of rotatable bonds is 2. The number of carbonyl (C=O) groups is 1. The maximum absolute atomic E-state index is 14.0. The molecule has 1 unspecified atom stereocenters. The van der Waals surface area contributed by atoms with E-state index >= 15 is 0 Å². The molecule has 5 heteroatoms. The van der Waals surface area contributed by atoms with Crippen molar-refractivity contribution in [3.05, 3.63) is 58.9 Å². The lowest BCUT2D eigenvalue weighted by Gasteiger charge is -2.36. The SMILES string of the molecule is COC(=O)C1(c2cccc(F)c2C)CCc2ncncc2C1. The minimum atomic E-state index is -0.876. The Bertz CT molecular complexity index is 732. The fraction of sp³-hybridized carbons (Fsp3) is 0.353. The van der Waals surface area contributed by atoms with E-state index in [9.17, 15) is 9.18 Å². The summed E-state index contributed by atoms with van der Waals surface area (Å²) in [5.74, 6) is -0.647. The van der Waals surface area contributed by atoms with Crippen molar-refractivity contribution in [1.29, 1.82) is 0 Å². The lowest BCUT2D eigenvalue weighted by molar-refractivity contribution is -0.148. The Labute approximate surface area is 128 Å². The minimum Gasteiger partial charge on any atom is -0.468 e. The van der Waals surface area contributed by atoms with Gasteiger partial charge in [-0.1, -0.05) is 12.1 Å². The average molecular weight is 300 g/mol. The largest absolute Gasteiger partial charge is 0.468 e. The second kappa shape index (κ2) is 5.48. The van der Waals surface area contributed by atoms with Crippen LogP contribution in [0, 0.1) is 12.7 Å². The summed E-state index contributed by atoms with van der Waals surface area (Å²) in [4.78, 5) is 20.9. The average Bonchev–Trinajstić information content (AvgIpc) is 2.56. The number of fused-ring (bicyclic) bond motifs is 1. The summed E-state index contributed by atoms with van der Waals surface area (Å²) in [6.45, 7) is 1.70. The van der Waals surface area contributed by atoms with Crippen molar-refractivity contribution < 1.29 is 13.9 Å². The summed E-state index contributed by atoms with van der Waals surface area (Å²) in [6.07, 6.45) is 4.86. The van der Waals surface area contributed by atoms with Crippen LogP contribution in [0.15, 0.2) is 30.7 Å². The molecule has 1 heterocycles. The number of nitrogens with zero attached hydrogens (tertiary/aromatic N) is 2. The van der Waals surface area contributed by atoms with E-state index in [1.807, 2.05) is 6.07 Å². The van der Waals surface area contributed by atoms with Crippen LogP contribution in [0.2, 0.25) is 0 Å². The second-order valence-electron chi connectivity index (χ2n) is 5.66. The quantitative estimate of drug-likeness (QED) is 0.800. The van der Waals surface area contributed by atoms with Gasteiger partial charge in [-0.25, -0.2) is 14.4 Å². The number of benzene rings is 1. The zero-order valence-corrected chi connectivity index (χ0v) is 12.6. The molecule has 4 nitrogen and oxygen atoms in total. The van der Waals surface area contributed by atoms with Gasteiger partial charge in [0.1, 0.15) is 12.1 Å². The van der Waals surface area contributed by atoms with Crippen molar-refractivity contribution in [2.24, 2.45) is 0 Å². The van der Waals surface area contributed by atoms with E-state index in [1.165, 1.54) is 19.5 Å². The predicted octanol–water partition coefficient (Wildman–Crippen LogP) is 2.52. The van der Waals surface area contributed by atoms with Crippen LogP contribution in [0.25, 0.3) is 0 Å². The number of aromatic nitrogens is 2. The fourth-order valence-electron chi connectivity index (χ4n) is 3.34. The lowest BCUT2D eigenvalue weighted by atomic mass is 9.67. The normalized spacial score (nSPS) is 20.3. The highest BCUT2D eigenvalue weighted by molar-refractivity contribution is 5.84. The summed E-state index contributed by atoms with van der Waals surface area (Å²) in [6, 6.07) is 4.85. The number of carbonyl (C=O) groups excluding carboxylic acids is 1. The molecule has 0 aliphatic heterocycles. The topological polar surface area (TPSA) is 52.1 Å². The van der Waals surface area contributed by atoms with Crippen LogP contribution in [0.1, 0.15) is 28.8 Å². The number of methoxy groups -OCH3 is 1. The maximum Gasteiger partial charge on any atom is 0.316 e. The van der Waals surface area contributed by atoms with Gasteiger partial charge >= 0.3 is 5.97 Å². The van der Waals surface area contributed by atoms with Crippen LogP contribution in [0.5, 0.6) is 0 Å². The molecule has 1 atom stereocenters. The Morgan fingerprint density at radius 1 is 1.41 bits per heavy atom. The van der Waals surface area contributed by atoms with Crippen LogP contribution in [0.4, 0.5) is 4.39 Å². The third-order valence-corrected chi connectivity index (χ3v) is 4.52. The van der Waals surface area contributed by atoms with Crippen LogP contribution in [0.3, 0.4) is 0 Å². The third kappa shape index (κ3) is 2.17. The highest BCUT2D eigenvalue weighted by Crippen LogP contribution is 2.40. The molecule has 0 spiro atoms. The van der Waals surface area contributed by atoms with E-state index in [1.54, 1.807) is 19.2 Å². The Morgan fingerprint density at radius 2 is 2.23 bits per heavy atom. The van der Waals surface area contributed by atoms with Crippen LogP contribution < -0.4 is 0 Å². The van der Waals surface area contributed by atoms with E-state index in [-0.39, 0.29) is 11.8 Å². The van der Waals surface area contributed by atoms with E-state index in [0.717, 1.165) is 11.3 Å². The summed E-state index contributed by atoms with van der Waals surface area (Å²) >= 11 is 0. The molecule has 0 fully saturated rings. The summed E-state index contributed by atoms with van der Waals surface area (Å²) in [7, 11) is 1.37. The standard InChI is InChI=1S/C17H17FN2O2/c1-11-13(4-3-5-14(11)18)17(16(21)22-2)7-6-15-12(8-17)9-19-10-20-15/h3-5,9-10H,6-8H2,1-2H3. The first-order valence-electron chi connectivity index (χ1n) is 7.20. The maximum atomic E-state index is 14.0. The molecule has 1 aliphatic rings. The number of ether oxygens (including phenoxy) is 1. The highest BCUT2D eigenvalue weighted by Gasteiger charge is 2.45.